The van der Waals surface area contributed by atoms with Crippen molar-refractivity contribution < 1.29 is 23.7 Å². The summed E-state index contributed by atoms with van der Waals surface area (Å²) in [6, 6.07) is 7.77. The monoisotopic (exact) mass is 372 g/mol. The Kier molecular flexibility index (Phi) is 5.00. The lowest BCUT2D eigenvalue weighted by Gasteiger charge is -2.33. The van der Waals surface area contributed by atoms with Crippen LogP contribution in [0, 0.1) is 0 Å². The second-order valence-electron chi connectivity index (χ2n) is 6.29. The molecule has 2 aromatic rings. The Bertz CT molecular complexity index is 965. The third-order valence-corrected chi connectivity index (χ3v) is 4.03. The number of hydrogen-bond acceptors (Lipinski definition) is 7. The number of ether oxygens (including phenoxy) is 4. The summed E-state index contributed by atoms with van der Waals surface area (Å²) in [4.78, 5) is 23.4. The maximum atomic E-state index is 11.9. The Morgan fingerprint density at radius 1 is 1.26 bits per heavy atom. The Morgan fingerprint density at radius 3 is 2.70 bits per heavy atom. The molecule has 0 aliphatic carbocycles. The molecule has 1 aromatic heterocycles. The van der Waals surface area contributed by atoms with Gasteiger partial charge in [-0.2, -0.15) is 0 Å². The zero-order valence-electron chi connectivity index (χ0n) is 15.5. The van der Waals surface area contributed by atoms with E-state index in [0.717, 1.165) is 0 Å². The van der Waals surface area contributed by atoms with Crippen molar-refractivity contribution >= 4 is 11.7 Å². The second kappa shape index (κ2) is 7.24. The van der Waals surface area contributed by atoms with Gasteiger partial charge < -0.3 is 18.9 Å². The van der Waals surface area contributed by atoms with Gasteiger partial charge in [0.15, 0.2) is 5.60 Å². The van der Waals surface area contributed by atoms with Crippen molar-refractivity contribution in [1.29, 1.82) is 0 Å². The molecule has 0 saturated carbocycles. The molecule has 0 amide bonds. The van der Waals surface area contributed by atoms with E-state index < -0.39 is 11.6 Å². The molecule has 0 fully saturated rings. The van der Waals surface area contributed by atoms with Gasteiger partial charge in [-0.25, -0.2) is 9.48 Å². The molecule has 2 heterocycles. The van der Waals surface area contributed by atoms with Crippen LogP contribution in [0.25, 0.3) is 5.76 Å². The highest BCUT2D eigenvalue weighted by molar-refractivity contribution is 5.91. The lowest BCUT2D eigenvalue weighted by molar-refractivity contribution is 0.0358. The van der Waals surface area contributed by atoms with Crippen molar-refractivity contribution in [1.82, 2.24) is 9.78 Å². The van der Waals surface area contributed by atoms with Crippen LogP contribution in [0.3, 0.4) is 0 Å². The quantitative estimate of drug-likeness (QED) is 0.739. The standard InChI is InChI=1S/C19H20N2O6/c1-19(11-24-3)10-15(26-16-7-8-17(22)21(2)20-16)13-9-12(18(23)25-4)5-6-14(13)27-19/h5-10H,11H2,1-4H3. The van der Waals surface area contributed by atoms with E-state index in [1.165, 1.54) is 31.0 Å². The molecule has 0 N–H and O–H groups in total. The molecule has 1 unspecified atom stereocenters. The number of rotatable bonds is 5. The van der Waals surface area contributed by atoms with E-state index in [1.54, 1.807) is 31.4 Å². The first-order valence-electron chi connectivity index (χ1n) is 8.21. The minimum Gasteiger partial charge on any atom is -0.480 e. The van der Waals surface area contributed by atoms with E-state index in [1.807, 2.05) is 6.92 Å². The third kappa shape index (κ3) is 3.85. The average Bonchev–Trinajstić information content (AvgIpc) is 2.63. The first-order chi connectivity index (χ1) is 12.8. The first kappa shape index (κ1) is 18.7. The fraction of sp³-hybridized carbons (Fsp3) is 0.316. The van der Waals surface area contributed by atoms with E-state index >= 15 is 0 Å². The van der Waals surface area contributed by atoms with Crippen molar-refractivity contribution in [2.45, 2.75) is 12.5 Å². The number of esters is 1. The minimum atomic E-state index is -0.773. The summed E-state index contributed by atoms with van der Waals surface area (Å²) < 4.78 is 23.2. The number of fused-ring (bicyclic) bond motifs is 1. The van der Waals surface area contributed by atoms with Crippen LogP contribution in [0.4, 0.5) is 0 Å². The number of aromatic nitrogens is 2. The number of carbonyl (C=O) groups excluding carboxylic acids is 1. The zero-order chi connectivity index (χ0) is 19.6. The molecule has 8 nitrogen and oxygen atoms in total. The number of nitrogens with zero attached hydrogens (tertiary/aromatic N) is 2. The van der Waals surface area contributed by atoms with E-state index in [-0.39, 0.29) is 11.4 Å². The maximum Gasteiger partial charge on any atom is 0.337 e. The number of hydrogen-bond donors (Lipinski definition) is 0. The smallest absolute Gasteiger partial charge is 0.337 e. The Labute approximate surface area is 155 Å². The first-order valence-corrected chi connectivity index (χ1v) is 8.21. The molecule has 27 heavy (non-hydrogen) atoms. The van der Waals surface area contributed by atoms with Crippen LogP contribution < -0.4 is 15.0 Å². The Morgan fingerprint density at radius 2 is 2.04 bits per heavy atom. The molecule has 1 atom stereocenters. The van der Waals surface area contributed by atoms with Gasteiger partial charge >= 0.3 is 5.97 Å². The van der Waals surface area contributed by atoms with Crippen LogP contribution in [-0.2, 0) is 16.5 Å². The van der Waals surface area contributed by atoms with E-state index in [2.05, 4.69) is 5.10 Å². The molecule has 0 radical (unpaired) electrons. The molecule has 8 heteroatoms. The lowest BCUT2D eigenvalue weighted by atomic mass is 9.98. The predicted octanol–water partition coefficient (Wildman–Crippen LogP) is 1.78. The van der Waals surface area contributed by atoms with Crippen molar-refractivity contribution in [2.24, 2.45) is 7.05 Å². The predicted molar refractivity (Wildman–Crippen MR) is 96.8 cm³/mol. The lowest BCUT2D eigenvalue weighted by Crippen LogP contribution is -2.38. The second-order valence-corrected chi connectivity index (χ2v) is 6.29. The molecule has 0 spiro atoms. The number of aryl methyl sites for hydroxylation is 1. The highest BCUT2D eigenvalue weighted by Crippen LogP contribution is 2.37. The van der Waals surface area contributed by atoms with Gasteiger partial charge in [-0.1, -0.05) is 0 Å². The summed E-state index contributed by atoms with van der Waals surface area (Å²) in [5.74, 6) is 0.735. The van der Waals surface area contributed by atoms with Crippen molar-refractivity contribution in [3.05, 3.63) is 57.9 Å². The van der Waals surface area contributed by atoms with E-state index in [4.69, 9.17) is 18.9 Å². The molecular formula is C19H20N2O6. The highest BCUT2D eigenvalue weighted by Gasteiger charge is 2.33. The van der Waals surface area contributed by atoms with Crippen LogP contribution in [0.15, 0.2) is 41.2 Å². The van der Waals surface area contributed by atoms with Crippen LogP contribution in [0.2, 0.25) is 0 Å². The number of carbonyl (C=O) groups is 1. The summed E-state index contributed by atoms with van der Waals surface area (Å²) in [5.41, 5.74) is -0.0917. The Hall–Kier alpha value is -3.13. The van der Waals surface area contributed by atoms with Gasteiger partial charge in [0.1, 0.15) is 11.5 Å². The van der Waals surface area contributed by atoms with Crippen molar-refractivity contribution in [2.75, 3.05) is 20.8 Å². The van der Waals surface area contributed by atoms with Gasteiger partial charge in [0, 0.05) is 32.4 Å². The summed E-state index contributed by atoms with van der Waals surface area (Å²) >= 11 is 0. The summed E-state index contributed by atoms with van der Waals surface area (Å²) in [5, 5.41) is 4.08. The molecule has 1 aromatic carbocycles. The molecule has 1 aliphatic rings. The van der Waals surface area contributed by atoms with Gasteiger partial charge in [-0.15, -0.1) is 5.10 Å². The van der Waals surface area contributed by atoms with Gasteiger partial charge in [0.2, 0.25) is 5.88 Å². The molecule has 0 bridgehead atoms. The van der Waals surface area contributed by atoms with Crippen molar-refractivity contribution in [3.8, 4) is 11.6 Å². The van der Waals surface area contributed by atoms with Crippen LogP contribution in [-0.4, -0.2) is 42.2 Å². The fourth-order valence-corrected chi connectivity index (χ4v) is 2.78. The van der Waals surface area contributed by atoms with Crippen molar-refractivity contribution in [3.63, 3.8) is 0 Å². The summed E-state index contributed by atoms with van der Waals surface area (Å²) in [7, 11) is 4.43. The molecular weight excluding hydrogens is 352 g/mol. The average molecular weight is 372 g/mol. The van der Waals surface area contributed by atoms with Crippen LogP contribution >= 0.6 is 0 Å². The Balaban J connectivity index is 2.06. The largest absolute Gasteiger partial charge is 0.480 e. The van der Waals surface area contributed by atoms with Crippen LogP contribution in [0.5, 0.6) is 11.6 Å². The van der Waals surface area contributed by atoms with E-state index in [9.17, 15) is 9.59 Å². The maximum absolute atomic E-state index is 11.9. The minimum absolute atomic E-state index is 0.236. The number of methoxy groups -OCH3 is 2. The SMILES string of the molecule is COCC1(C)C=C(Oc2ccc(=O)n(C)n2)c2cc(C(=O)OC)ccc2O1. The molecule has 1 aliphatic heterocycles. The van der Waals surface area contributed by atoms with Crippen LogP contribution in [0.1, 0.15) is 22.8 Å². The van der Waals surface area contributed by atoms with Gasteiger partial charge in [-0.3, -0.25) is 4.79 Å². The van der Waals surface area contributed by atoms with E-state index in [0.29, 0.717) is 29.2 Å². The third-order valence-electron chi connectivity index (χ3n) is 4.03. The number of benzene rings is 1. The zero-order valence-corrected chi connectivity index (χ0v) is 15.5. The van der Waals surface area contributed by atoms with Gasteiger partial charge in [-0.05, 0) is 25.1 Å². The molecule has 3 rings (SSSR count). The fourth-order valence-electron chi connectivity index (χ4n) is 2.78. The normalized spacial score (nSPS) is 18.1. The summed E-state index contributed by atoms with van der Waals surface area (Å²) in [6.07, 6.45) is 1.76. The van der Waals surface area contributed by atoms with Gasteiger partial charge in [0.25, 0.3) is 5.56 Å². The summed E-state index contributed by atoms with van der Waals surface area (Å²) in [6.45, 7) is 2.14. The molecule has 142 valence electrons. The van der Waals surface area contributed by atoms with Gasteiger partial charge in [0.05, 0.1) is 24.8 Å². The highest BCUT2D eigenvalue weighted by atomic mass is 16.5. The topological polar surface area (TPSA) is 88.9 Å². The molecule has 0 saturated heterocycles.